The highest BCUT2D eigenvalue weighted by atomic mass is 16.4. The molecule has 1 aliphatic carbocycles. The number of aryl methyl sites for hydroxylation is 1. The molecule has 17 heavy (non-hydrogen) atoms. The first-order valence-corrected chi connectivity index (χ1v) is 5.93. The molecule has 0 aromatic carbocycles. The fourth-order valence-electron chi connectivity index (χ4n) is 1.86. The van der Waals surface area contributed by atoms with Crippen LogP contribution in [0.25, 0.3) is 0 Å². The number of pyridine rings is 1. The summed E-state index contributed by atoms with van der Waals surface area (Å²) in [5, 5.41) is 12.3. The van der Waals surface area contributed by atoms with Gasteiger partial charge in [-0.1, -0.05) is 20.8 Å². The third-order valence-corrected chi connectivity index (χ3v) is 3.32. The summed E-state index contributed by atoms with van der Waals surface area (Å²) < 4.78 is 0. The van der Waals surface area contributed by atoms with E-state index in [1.807, 2.05) is 6.92 Å². The minimum absolute atomic E-state index is 0.299. The Morgan fingerprint density at radius 2 is 2.24 bits per heavy atom. The van der Waals surface area contributed by atoms with Crippen molar-refractivity contribution >= 4 is 11.8 Å². The predicted octanol–water partition coefficient (Wildman–Crippen LogP) is 2.55. The Morgan fingerprint density at radius 3 is 2.71 bits per heavy atom. The van der Waals surface area contributed by atoms with E-state index >= 15 is 0 Å². The number of hydrogen-bond donors (Lipinski definition) is 2. The summed E-state index contributed by atoms with van der Waals surface area (Å²) in [7, 11) is 0. The molecule has 4 heteroatoms. The SMILES string of the molecule is CCc1cc(C(=O)O)cc(NC2CC2(C)C)n1. The van der Waals surface area contributed by atoms with E-state index in [1.54, 1.807) is 12.1 Å². The minimum atomic E-state index is -0.903. The number of aromatic carboxylic acids is 1. The minimum Gasteiger partial charge on any atom is -0.478 e. The van der Waals surface area contributed by atoms with Crippen LogP contribution in [0.4, 0.5) is 5.82 Å². The first-order chi connectivity index (χ1) is 7.92. The van der Waals surface area contributed by atoms with E-state index in [-0.39, 0.29) is 0 Å². The van der Waals surface area contributed by atoms with Crippen molar-refractivity contribution in [1.82, 2.24) is 4.98 Å². The Bertz CT molecular complexity index is 455. The van der Waals surface area contributed by atoms with Crippen molar-refractivity contribution in [3.8, 4) is 0 Å². The number of aromatic nitrogens is 1. The van der Waals surface area contributed by atoms with Gasteiger partial charge in [0.05, 0.1) is 5.56 Å². The number of rotatable bonds is 4. The van der Waals surface area contributed by atoms with Gasteiger partial charge in [-0.15, -0.1) is 0 Å². The lowest BCUT2D eigenvalue weighted by atomic mass is 10.1. The molecule has 0 saturated heterocycles. The Morgan fingerprint density at radius 1 is 1.59 bits per heavy atom. The van der Waals surface area contributed by atoms with Gasteiger partial charge in [-0.25, -0.2) is 9.78 Å². The molecule has 1 atom stereocenters. The van der Waals surface area contributed by atoms with Crippen LogP contribution in [-0.4, -0.2) is 22.1 Å². The van der Waals surface area contributed by atoms with Gasteiger partial charge in [-0.05, 0) is 30.4 Å². The summed E-state index contributed by atoms with van der Waals surface area (Å²) in [6.45, 7) is 6.34. The number of hydrogen-bond acceptors (Lipinski definition) is 3. The van der Waals surface area contributed by atoms with Crippen LogP contribution < -0.4 is 5.32 Å². The van der Waals surface area contributed by atoms with Gasteiger partial charge >= 0.3 is 5.97 Å². The Hall–Kier alpha value is -1.58. The van der Waals surface area contributed by atoms with Crippen LogP contribution in [0.2, 0.25) is 0 Å². The van der Waals surface area contributed by atoms with Crippen LogP contribution in [0.1, 0.15) is 43.2 Å². The number of nitrogens with one attached hydrogen (secondary N) is 1. The number of carboxylic acid groups (broad SMARTS) is 1. The standard InChI is InChI=1S/C13H18N2O2/c1-4-9-5-8(12(16)17)6-11(14-9)15-10-7-13(10,2)3/h5-6,10H,4,7H2,1-3H3,(H,14,15)(H,16,17). The molecule has 1 aromatic heterocycles. The fourth-order valence-corrected chi connectivity index (χ4v) is 1.86. The monoisotopic (exact) mass is 234 g/mol. The lowest BCUT2D eigenvalue weighted by Gasteiger charge is -2.09. The summed E-state index contributed by atoms with van der Waals surface area (Å²) in [5.74, 6) is -0.225. The Labute approximate surface area is 101 Å². The van der Waals surface area contributed by atoms with Crippen LogP contribution in [0, 0.1) is 5.41 Å². The molecule has 0 spiro atoms. The molecule has 1 aliphatic rings. The van der Waals surface area contributed by atoms with E-state index in [0.29, 0.717) is 22.8 Å². The van der Waals surface area contributed by atoms with Crippen molar-refractivity contribution in [3.63, 3.8) is 0 Å². The second-order valence-corrected chi connectivity index (χ2v) is 5.28. The van der Waals surface area contributed by atoms with Gasteiger partial charge in [0, 0.05) is 11.7 Å². The van der Waals surface area contributed by atoms with Crippen molar-refractivity contribution in [1.29, 1.82) is 0 Å². The summed E-state index contributed by atoms with van der Waals surface area (Å²) in [6, 6.07) is 3.64. The van der Waals surface area contributed by atoms with Gasteiger partial charge in [0.15, 0.2) is 0 Å². The van der Waals surface area contributed by atoms with Gasteiger partial charge < -0.3 is 10.4 Å². The maximum atomic E-state index is 11.0. The Kier molecular flexibility index (Phi) is 2.81. The zero-order valence-electron chi connectivity index (χ0n) is 10.4. The van der Waals surface area contributed by atoms with Crippen molar-refractivity contribution in [3.05, 3.63) is 23.4 Å². The molecule has 0 aliphatic heterocycles. The zero-order valence-corrected chi connectivity index (χ0v) is 10.4. The maximum Gasteiger partial charge on any atom is 0.335 e. The van der Waals surface area contributed by atoms with Gasteiger partial charge in [0.2, 0.25) is 0 Å². The largest absolute Gasteiger partial charge is 0.478 e. The second kappa shape index (κ2) is 4.02. The van der Waals surface area contributed by atoms with Crippen molar-refractivity contribution in [2.75, 3.05) is 5.32 Å². The third-order valence-electron chi connectivity index (χ3n) is 3.32. The van der Waals surface area contributed by atoms with Crippen molar-refractivity contribution in [2.45, 2.75) is 39.7 Å². The highest BCUT2D eigenvalue weighted by molar-refractivity contribution is 5.88. The van der Waals surface area contributed by atoms with E-state index in [4.69, 9.17) is 5.11 Å². The quantitative estimate of drug-likeness (QED) is 0.840. The van der Waals surface area contributed by atoms with E-state index in [2.05, 4.69) is 24.1 Å². The molecule has 2 rings (SSSR count). The smallest absolute Gasteiger partial charge is 0.335 e. The maximum absolute atomic E-state index is 11.0. The average Bonchev–Trinajstić information content (AvgIpc) is 2.85. The van der Waals surface area contributed by atoms with E-state index in [9.17, 15) is 4.79 Å². The summed E-state index contributed by atoms with van der Waals surface area (Å²) in [6.07, 6.45) is 1.84. The molecule has 92 valence electrons. The predicted molar refractivity (Wildman–Crippen MR) is 66.4 cm³/mol. The highest BCUT2D eigenvalue weighted by Gasteiger charge is 2.45. The lowest BCUT2D eigenvalue weighted by Crippen LogP contribution is -2.11. The molecule has 1 aromatic rings. The fraction of sp³-hybridized carbons (Fsp3) is 0.538. The molecule has 0 amide bonds. The van der Waals surface area contributed by atoms with E-state index < -0.39 is 5.97 Å². The third kappa shape index (κ3) is 2.57. The molecule has 1 unspecified atom stereocenters. The normalized spacial score (nSPS) is 21.0. The molecule has 0 bridgehead atoms. The van der Waals surface area contributed by atoms with Gasteiger partial charge in [-0.2, -0.15) is 0 Å². The molecule has 1 saturated carbocycles. The summed E-state index contributed by atoms with van der Waals surface area (Å²) in [5.41, 5.74) is 1.41. The zero-order chi connectivity index (χ0) is 12.6. The molecule has 4 nitrogen and oxygen atoms in total. The van der Waals surface area contributed by atoms with Crippen molar-refractivity contribution in [2.24, 2.45) is 5.41 Å². The van der Waals surface area contributed by atoms with Gasteiger partial charge in [0.25, 0.3) is 0 Å². The van der Waals surface area contributed by atoms with Crippen LogP contribution in [0.5, 0.6) is 0 Å². The van der Waals surface area contributed by atoms with Crippen molar-refractivity contribution < 1.29 is 9.90 Å². The molecular formula is C13H18N2O2. The van der Waals surface area contributed by atoms with Crippen LogP contribution in [0.3, 0.4) is 0 Å². The molecule has 1 heterocycles. The number of anilines is 1. The second-order valence-electron chi connectivity index (χ2n) is 5.28. The van der Waals surface area contributed by atoms with E-state index in [1.165, 1.54) is 0 Å². The lowest BCUT2D eigenvalue weighted by molar-refractivity contribution is 0.0696. The summed E-state index contributed by atoms with van der Waals surface area (Å²) in [4.78, 5) is 15.4. The van der Waals surface area contributed by atoms with Gasteiger partial charge in [0.1, 0.15) is 5.82 Å². The topological polar surface area (TPSA) is 62.2 Å². The highest BCUT2D eigenvalue weighted by Crippen LogP contribution is 2.46. The summed E-state index contributed by atoms with van der Waals surface area (Å²) >= 11 is 0. The molecular weight excluding hydrogens is 216 g/mol. The first-order valence-electron chi connectivity index (χ1n) is 5.93. The first kappa shape index (κ1) is 11.9. The Balaban J connectivity index is 2.21. The molecule has 1 fully saturated rings. The van der Waals surface area contributed by atoms with Crippen LogP contribution in [-0.2, 0) is 6.42 Å². The molecule has 0 radical (unpaired) electrons. The number of carbonyl (C=O) groups is 1. The van der Waals surface area contributed by atoms with Gasteiger partial charge in [-0.3, -0.25) is 0 Å². The number of nitrogens with zero attached hydrogens (tertiary/aromatic N) is 1. The van der Waals surface area contributed by atoms with Crippen LogP contribution >= 0.6 is 0 Å². The average molecular weight is 234 g/mol. The number of carboxylic acids is 1. The van der Waals surface area contributed by atoms with E-state index in [0.717, 1.165) is 18.5 Å². The molecule has 2 N–H and O–H groups in total. The van der Waals surface area contributed by atoms with Crippen LogP contribution in [0.15, 0.2) is 12.1 Å².